The van der Waals surface area contributed by atoms with Gasteiger partial charge in [0.25, 0.3) is 0 Å². The van der Waals surface area contributed by atoms with E-state index in [-0.39, 0.29) is 63.1 Å². The van der Waals surface area contributed by atoms with Crippen molar-refractivity contribution in [3.05, 3.63) is 12.2 Å². The fourth-order valence-electron chi connectivity index (χ4n) is 7.57. The first-order valence-corrected chi connectivity index (χ1v) is 26.1. The normalized spacial score (nSPS) is 14.8. The van der Waals surface area contributed by atoms with E-state index in [4.69, 9.17) is 28.4 Å². The molecule has 0 aromatic heterocycles. The van der Waals surface area contributed by atoms with Gasteiger partial charge in [-0.1, -0.05) is 156 Å². The van der Waals surface area contributed by atoms with E-state index < -0.39 is 36.0 Å². The minimum Gasteiger partial charge on any atom is -0.465 e. The van der Waals surface area contributed by atoms with Crippen molar-refractivity contribution in [3.8, 4) is 0 Å². The van der Waals surface area contributed by atoms with E-state index in [1.807, 2.05) is 5.32 Å². The van der Waals surface area contributed by atoms with Crippen LogP contribution in [0.5, 0.6) is 0 Å². The second kappa shape index (κ2) is 41.9. The lowest BCUT2D eigenvalue weighted by Crippen LogP contribution is -2.87. The van der Waals surface area contributed by atoms with Crippen LogP contribution in [0.15, 0.2) is 12.2 Å². The summed E-state index contributed by atoms with van der Waals surface area (Å²) in [5.41, 5.74) is 0. The summed E-state index contributed by atoms with van der Waals surface area (Å²) in [6.45, 7) is 9.21. The molecule has 0 aliphatic carbocycles. The van der Waals surface area contributed by atoms with Crippen LogP contribution in [0, 0.1) is 11.8 Å². The average Bonchev–Trinajstić information content (AvgIpc) is 3.51. The molecule has 13 nitrogen and oxygen atoms in total. The van der Waals surface area contributed by atoms with Gasteiger partial charge in [0.05, 0.1) is 39.3 Å². The molecule has 0 spiro atoms. The van der Waals surface area contributed by atoms with Gasteiger partial charge >= 0.3 is 35.8 Å². The molecule has 0 bridgehead atoms. The molecule has 1 rings (SSSR count). The molecule has 13 heteroatoms. The number of esters is 6. The maximum Gasteiger partial charge on any atom is 0.307 e. The Kier molecular flexibility index (Phi) is 38.4. The van der Waals surface area contributed by atoms with Crippen molar-refractivity contribution >= 4 is 35.8 Å². The molecule has 65 heavy (non-hydrogen) atoms. The molecule has 0 amide bonds. The highest BCUT2D eigenvalue weighted by Crippen LogP contribution is 2.16. The number of carbonyl (C=O) groups excluding carboxylic acids is 6. The lowest BCUT2D eigenvalue weighted by atomic mass is 10.1. The largest absolute Gasteiger partial charge is 0.465 e. The number of rotatable bonds is 42. The van der Waals surface area contributed by atoms with Gasteiger partial charge in [0.2, 0.25) is 0 Å². The third-order valence-electron chi connectivity index (χ3n) is 11.7. The summed E-state index contributed by atoms with van der Waals surface area (Å²) >= 11 is 0. The topological polar surface area (TPSA) is 174 Å². The summed E-state index contributed by atoms with van der Waals surface area (Å²) in [6.07, 6.45) is 28.3. The molecule has 0 radical (unpaired) electrons. The number of hydrogen-bond donors (Lipinski definition) is 1. The monoisotopic (exact) mass is 923 g/mol. The van der Waals surface area contributed by atoms with Crippen LogP contribution in [0.4, 0.5) is 0 Å². The summed E-state index contributed by atoms with van der Waals surface area (Å²) in [7, 11) is 0. The summed E-state index contributed by atoms with van der Waals surface area (Å²) in [5.74, 6) is -3.50. The lowest BCUT2D eigenvalue weighted by molar-refractivity contribution is -0.662. The standard InChI is InChI=1S/C52H91NO12/c1-5-9-13-17-21-25-29-47(54)60-39-43(40-61-48(55)30-26-22-18-14-10-6-2)35-51(58)64-45-33-34-46(38-53-37-45)65-52(59)36-44(41-62-49(56)31-27-23-19-15-11-7-3)42-63-50(57)32-28-24-20-16-12-8-4/h33-34,43-46,53H,5-32,35-42H2,1-4H3/p+1/t45-,46-/m0/s1. The molecule has 0 saturated carbocycles. The quantitative estimate of drug-likeness (QED) is 0.0266. The number of ether oxygens (including phenoxy) is 6. The van der Waals surface area contributed by atoms with Crippen LogP contribution < -0.4 is 5.32 Å². The molecule has 0 aromatic rings. The minimum atomic E-state index is -0.609. The van der Waals surface area contributed by atoms with Gasteiger partial charge in [0.15, 0.2) is 12.2 Å². The van der Waals surface area contributed by atoms with Crippen molar-refractivity contribution in [2.45, 2.75) is 233 Å². The zero-order chi connectivity index (χ0) is 47.6. The maximum atomic E-state index is 13.2. The van der Waals surface area contributed by atoms with Crippen molar-refractivity contribution in [2.24, 2.45) is 11.8 Å². The van der Waals surface area contributed by atoms with Crippen LogP contribution in [-0.2, 0) is 57.2 Å². The molecule has 2 atom stereocenters. The first kappa shape index (κ1) is 59.5. The summed E-state index contributed by atoms with van der Waals surface area (Å²) in [6, 6.07) is 0. The molecule has 1 aliphatic rings. The Bertz CT molecular complexity index is 1130. The Balaban J connectivity index is 2.76. The van der Waals surface area contributed by atoms with Gasteiger partial charge in [0, 0.05) is 37.5 Å². The van der Waals surface area contributed by atoms with E-state index in [2.05, 4.69) is 27.7 Å². The highest BCUT2D eigenvalue weighted by Gasteiger charge is 2.26. The van der Waals surface area contributed by atoms with Crippen LogP contribution in [0.2, 0.25) is 0 Å². The van der Waals surface area contributed by atoms with Crippen LogP contribution in [0.3, 0.4) is 0 Å². The predicted octanol–water partition coefficient (Wildman–Crippen LogP) is 10.1. The van der Waals surface area contributed by atoms with Gasteiger partial charge in [-0.15, -0.1) is 0 Å². The van der Waals surface area contributed by atoms with Crippen LogP contribution in [0.25, 0.3) is 0 Å². The molecule has 2 N–H and O–H groups in total. The van der Waals surface area contributed by atoms with Crippen molar-refractivity contribution in [1.29, 1.82) is 0 Å². The maximum absolute atomic E-state index is 13.2. The Morgan fingerprint density at radius 2 is 0.631 bits per heavy atom. The fraction of sp³-hybridized carbons (Fsp3) is 0.846. The van der Waals surface area contributed by atoms with E-state index in [1.165, 1.54) is 25.7 Å². The van der Waals surface area contributed by atoms with Crippen LogP contribution in [0.1, 0.15) is 220 Å². The van der Waals surface area contributed by atoms with E-state index >= 15 is 0 Å². The zero-order valence-corrected chi connectivity index (χ0v) is 41.4. The van der Waals surface area contributed by atoms with Gasteiger partial charge in [-0.25, -0.2) is 0 Å². The third-order valence-corrected chi connectivity index (χ3v) is 11.7. The van der Waals surface area contributed by atoms with E-state index in [1.54, 1.807) is 12.2 Å². The first-order valence-electron chi connectivity index (χ1n) is 26.1. The summed E-state index contributed by atoms with van der Waals surface area (Å²) in [4.78, 5) is 76.7. The fourth-order valence-corrected chi connectivity index (χ4v) is 7.57. The number of carbonyl (C=O) groups is 6. The van der Waals surface area contributed by atoms with Gasteiger partial charge in [0.1, 0.15) is 13.1 Å². The summed E-state index contributed by atoms with van der Waals surface area (Å²) in [5, 5.41) is 1.90. The highest BCUT2D eigenvalue weighted by atomic mass is 16.6. The molecular formula is C52H92NO12+. The Hall–Kier alpha value is -3.48. The highest BCUT2D eigenvalue weighted by molar-refractivity contribution is 5.72. The Morgan fingerprint density at radius 3 is 0.892 bits per heavy atom. The molecule has 1 heterocycles. The second-order valence-corrected chi connectivity index (χ2v) is 18.1. The van der Waals surface area contributed by atoms with Gasteiger partial charge in [-0.2, -0.15) is 0 Å². The third kappa shape index (κ3) is 36.3. The van der Waals surface area contributed by atoms with Gasteiger partial charge < -0.3 is 33.7 Å². The molecule has 0 fully saturated rings. The minimum absolute atomic E-state index is 0.0592. The van der Waals surface area contributed by atoms with Gasteiger partial charge in [-0.05, 0) is 37.8 Å². The van der Waals surface area contributed by atoms with Gasteiger partial charge in [-0.3, -0.25) is 28.8 Å². The van der Waals surface area contributed by atoms with Crippen molar-refractivity contribution in [1.82, 2.24) is 0 Å². The number of hydrogen-bond acceptors (Lipinski definition) is 12. The van der Waals surface area contributed by atoms with Crippen LogP contribution >= 0.6 is 0 Å². The molecule has 1 aliphatic heterocycles. The van der Waals surface area contributed by atoms with Crippen molar-refractivity contribution < 1.29 is 62.5 Å². The molecule has 0 saturated heterocycles. The Labute approximate surface area is 393 Å². The van der Waals surface area contributed by atoms with Crippen molar-refractivity contribution in [2.75, 3.05) is 39.5 Å². The van der Waals surface area contributed by atoms with Crippen molar-refractivity contribution in [3.63, 3.8) is 0 Å². The molecule has 0 unspecified atom stereocenters. The molecule has 0 aromatic carbocycles. The number of quaternary nitrogens is 1. The Morgan fingerprint density at radius 1 is 0.385 bits per heavy atom. The molecule has 376 valence electrons. The van der Waals surface area contributed by atoms with E-state index in [0.29, 0.717) is 38.8 Å². The number of nitrogens with two attached hydrogens (primary N) is 1. The van der Waals surface area contributed by atoms with E-state index in [9.17, 15) is 28.8 Å². The first-order chi connectivity index (χ1) is 31.6. The zero-order valence-electron chi connectivity index (χ0n) is 41.4. The van der Waals surface area contributed by atoms with E-state index in [0.717, 1.165) is 128 Å². The smallest absolute Gasteiger partial charge is 0.307 e. The number of unbranched alkanes of at least 4 members (excludes halogenated alkanes) is 20. The average molecular weight is 923 g/mol. The molecular weight excluding hydrogens is 831 g/mol. The summed E-state index contributed by atoms with van der Waals surface area (Å²) < 4.78 is 33.8. The second-order valence-electron chi connectivity index (χ2n) is 18.1. The predicted molar refractivity (Wildman–Crippen MR) is 253 cm³/mol. The SMILES string of the molecule is CCCCCCCCC(=O)OCC(COC(=O)CCCCCCCC)CC(=O)O[C@H]1C=C[C@H](OC(=O)CC(COC(=O)CCCCCCCC)COC(=O)CCCCCCCC)C[NH2+]C1. The lowest BCUT2D eigenvalue weighted by Gasteiger charge is -2.18. The van der Waals surface area contributed by atoms with Crippen LogP contribution in [-0.4, -0.2) is 87.5 Å².